The quantitative estimate of drug-likeness (QED) is 0.340. The lowest BCUT2D eigenvalue weighted by molar-refractivity contribution is -0.142. The van der Waals surface area contributed by atoms with Crippen LogP contribution in [0.3, 0.4) is 0 Å². The highest BCUT2D eigenvalue weighted by Crippen LogP contribution is 2.49. The number of thiophene rings is 1. The third-order valence-corrected chi connectivity index (χ3v) is 11.0. The van der Waals surface area contributed by atoms with Crippen molar-refractivity contribution >= 4 is 45.5 Å². The Balaban J connectivity index is 0.000000923. The normalized spacial score (nSPS) is 25.3. The molecule has 2 saturated heterocycles. The van der Waals surface area contributed by atoms with E-state index in [9.17, 15) is 14.9 Å². The van der Waals surface area contributed by atoms with Gasteiger partial charge in [-0.15, -0.1) is 11.3 Å². The number of hydrogen-bond donors (Lipinski definition) is 2. The predicted octanol–water partition coefficient (Wildman–Crippen LogP) is 4.47. The van der Waals surface area contributed by atoms with E-state index in [-0.39, 0.29) is 30.1 Å². The van der Waals surface area contributed by atoms with Crippen molar-refractivity contribution in [2.24, 2.45) is 11.8 Å². The zero-order valence-corrected chi connectivity index (χ0v) is 24.2. The number of piperidine rings is 1. The van der Waals surface area contributed by atoms with Gasteiger partial charge in [0.25, 0.3) is 6.47 Å². The number of nitrogens with one attached hydrogen (secondary N) is 1. The third-order valence-electron chi connectivity index (χ3n) is 9.81. The topological polar surface area (TPSA) is 127 Å². The molecule has 3 atom stereocenters. The number of likely N-dealkylation sites (tertiary alicyclic amines) is 1. The molecule has 5 aliphatic rings. The van der Waals surface area contributed by atoms with Crippen LogP contribution in [0.4, 0.5) is 5.69 Å². The highest BCUT2D eigenvalue weighted by Gasteiger charge is 2.58. The van der Waals surface area contributed by atoms with Crippen LogP contribution in [-0.4, -0.2) is 57.9 Å². The maximum atomic E-state index is 12.6. The molecule has 3 aromatic rings. The van der Waals surface area contributed by atoms with Gasteiger partial charge in [-0.3, -0.25) is 24.3 Å². The largest absolute Gasteiger partial charge is 0.483 e. The molecule has 0 radical (unpaired) electrons. The van der Waals surface area contributed by atoms with Gasteiger partial charge in [0.05, 0.1) is 40.2 Å². The molecular weight excluding hydrogens is 550 g/mol. The maximum Gasteiger partial charge on any atom is 0.290 e. The van der Waals surface area contributed by atoms with Crippen molar-refractivity contribution in [2.75, 3.05) is 18.0 Å². The summed E-state index contributed by atoms with van der Waals surface area (Å²) in [6, 6.07) is 11.1. The molecule has 8 rings (SSSR count). The lowest BCUT2D eigenvalue weighted by Crippen LogP contribution is -2.40. The number of fused-ring (bicyclic) bond motifs is 3. The lowest BCUT2D eigenvalue weighted by Gasteiger charge is -2.38. The second-order valence-corrected chi connectivity index (χ2v) is 13.4. The van der Waals surface area contributed by atoms with E-state index in [1.165, 1.54) is 48.3 Å². The molecule has 0 bridgehead atoms. The van der Waals surface area contributed by atoms with Crippen molar-refractivity contribution < 1.29 is 19.5 Å². The molecule has 2 N–H and O–H groups in total. The second-order valence-electron chi connectivity index (χ2n) is 12.3. The smallest absolute Gasteiger partial charge is 0.290 e. The van der Waals surface area contributed by atoms with Gasteiger partial charge in [0, 0.05) is 52.6 Å². The van der Waals surface area contributed by atoms with Crippen molar-refractivity contribution in [1.82, 2.24) is 15.2 Å². The van der Waals surface area contributed by atoms with Crippen molar-refractivity contribution in [3.05, 3.63) is 46.5 Å². The van der Waals surface area contributed by atoms with Crippen LogP contribution in [0.25, 0.3) is 21.3 Å². The molecule has 2 aromatic heterocycles. The Morgan fingerprint density at radius 3 is 2.64 bits per heavy atom. The van der Waals surface area contributed by atoms with Crippen LogP contribution >= 0.6 is 11.3 Å². The first-order chi connectivity index (χ1) is 20.4. The average molecular weight is 584 g/mol. The van der Waals surface area contributed by atoms with Gasteiger partial charge in [-0.1, -0.05) is 12.8 Å². The van der Waals surface area contributed by atoms with Gasteiger partial charge >= 0.3 is 0 Å². The number of imide groups is 1. The molecule has 216 valence electrons. The molecule has 2 unspecified atom stereocenters. The first-order valence-corrected chi connectivity index (χ1v) is 15.7. The number of aryl methyl sites for hydroxylation is 1. The summed E-state index contributed by atoms with van der Waals surface area (Å²) in [5.74, 6) is -0.208. The lowest BCUT2D eigenvalue weighted by atomic mass is 9.89. The predicted molar refractivity (Wildman–Crippen MR) is 159 cm³/mol. The van der Waals surface area contributed by atoms with E-state index in [4.69, 9.17) is 9.90 Å². The van der Waals surface area contributed by atoms with Crippen LogP contribution in [0.5, 0.6) is 0 Å². The van der Waals surface area contributed by atoms with Gasteiger partial charge in [0.15, 0.2) is 0 Å². The van der Waals surface area contributed by atoms with Gasteiger partial charge < -0.3 is 15.3 Å². The van der Waals surface area contributed by atoms with E-state index in [0.29, 0.717) is 23.7 Å². The minimum atomic E-state index is -0.250. The van der Waals surface area contributed by atoms with E-state index >= 15 is 0 Å². The van der Waals surface area contributed by atoms with Gasteiger partial charge in [0.2, 0.25) is 11.8 Å². The third kappa shape index (κ3) is 4.46. The summed E-state index contributed by atoms with van der Waals surface area (Å²) in [6.45, 7) is 2.11. The fourth-order valence-electron chi connectivity index (χ4n) is 7.83. The van der Waals surface area contributed by atoms with E-state index in [1.807, 2.05) is 12.3 Å². The van der Waals surface area contributed by atoms with Crippen molar-refractivity contribution in [3.63, 3.8) is 0 Å². The number of aromatic nitrogens is 1. The van der Waals surface area contributed by atoms with E-state index < -0.39 is 0 Å². The number of nitriles is 1. The fourth-order valence-corrected chi connectivity index (χ4v) is 8.96. The molecule has 1 spiro atoms. The Bertz CT molecular complexity index is 1620. The fraction of sp³-hybridized carbons (Fsp3) is 0.469. The minimum absolute atomic E-state index is 0.0210. The number of amides is 2. The Kier molecular flexibility index (Phi) is 6.75. The number of pyridine rings is 1. The standard InChI is InChI=1S/C31H31N5O2S.CH2O2/c32-15-18-10-19-4-3-9-35(20-14-31(34-16-20)6-1-2-7-31)27(19)23(11-18)22-5-8-33-26-12-21(39-28(22)26)17-36-29(37)24-13-25(24)30(36)38;2-1-3/h5,8,10-12,20,24-25,34H,1-4,6-7,9,13-14,16-17H2;1H,(H,2,3)/t20-,24?,25?;/m1./s1. The molecule has 42 heavy (non-hydrogen) atoms. The monoisotopic (exact) mass is 583 g/mol. The van der Waals surface area contributed by atoms with Gasteiger partial charge in [-0.05, 0) is 68.4 Å². The molecule has 2 aliphatic carbocycles. The Morgan fingerprint density at radius 2 is 1.90 bits per heavy atom. The molecule has 1 aromatic carbocycles. The Labute approximate surface area is 248 Å². The average Bonchev–Trinajstić information content (AvgIpc) is 3.27. The van der Waals surface area contributed by atoms with Crippen LogP contribution in [0, 0.1) is 23.2 Å². The zero-order chi connectivity index (χ0) is 29.0. The molecule has 10 heteroatoms. The van der Waals surface area contributed by atoms with Crippen LogP contribution in [-0.2, 0) is 27.3 Å². The first kappa shape index (κ1) is 27.0. The van der Waals surface area contributed by atoms with Crippen LogP contribution in [0.2, 0.25) is 0 Å². The summed E-state index contributed by atoms with van der Waals surface area (Å²) in [4.78, 5) is 43.3. The highest BCUT2D eigenvalue weighted by atomic mass is 32.1. The summed E-state index contributed by atoms with van der Waals surface area (Å²) in [5, 5.41) is 20.7. The molecule has 4 fully saturated rings. The molecule has 2 amide bonds. The molecule has 9 nitrogen and oxygen atoms in total. The number of anilines is 1. The summed E-state index contributed by atoms with van der Waals surface area (Å²) < 4.78 is 1.05. The molecule has 5 heterocycles. The van der Waals surface area contributed by atoms with Crippen LogP contribution in [0.1, 0.15) is 60.9 Å². The number of hydrogen-bond acceptors (Lipinski definition) is 8. The molecule has 3 aliphatic heterocycles. The number of carboxylic acid groups (broad SMARTS) is 1. The number of carbonyl (C=O) groups excluding carboxylic acids is 2. The summed E-state index contributed by atoms with van der Waals surface area (Å²) in [5.41, 5.74) is 6.59. The summed E-state index contributed by atoms with van der Waals surface area (Å²) >= 11 is 1.62. The van der Waals surface area contributed by atoms with Crippen molar-refractivity contribution in [3.8, 4) is 17.2 Å². The van der Waals surface area contributed by atoms with E-state index in [0.717, 1.165) is 58.6 Å². The molecule has 2 saturated carbocycles. The van der Waals surface area contributed by atoms with Crippen LogP contribution in [0.15, 0.2) is 30.5 Å². The van der Waals surface area contributed by atoms with E-state index in [2.05, 4.69) is 39.5 Å². The maximum absolute atomic E-state index is 12.6. The van der Waals surface area contributed by atoms with Gasteiger partial charge in [0.1, 0.15) is 0 Å². The molecular formula is C32H33N5O4S. The first-order valence-electron chi connectivity index (χ1n) is 14.8. The highest BCUT2D eigenvalue weighted by molar-refractivity contribution is 7.19. The SMILES string of the molecule is N#Cc1cc2c(c(-c3ccnc4cc(CN5C(=O)C6CC6C5=O)sc34)c1)N([C@H]1CNC3(CCCC3)C1)CCC2.O=CO. The van der Waals surface area contributed by atoms with Crippen molar-refractivity contribution in [2.45, 2.75) is 69.5 Å². The van der Waals surface area contributed by atoms with Gasteiger partial charge in [-0.25, -0.2) is 0 Å². The van der Waals surface area contributed by atoms with Gasteiger partial charge in [-0.2, -0.15) is 5.26 Å². The Hall–Kier alpha value is -3.81. The number of carbonyl (C=O) groups is 3. The number of rotatable bonds is 4. The van der Waals surface area contributed by atoms with Crippen molar-refractivity contribution in [1.29, 1.82) is 5.26 Å². The number of benzene rings is 1. The second kappa shape index (κ2) is 10.5. The number of nitrogens with zero attached hydrogens (tertiary/aromatic N) is 4. The van der Waals surface area contributed by atoms with Crippen LogP contribution < -0.4 is 10.2 Å². The zero-order valence-electron chi connectivity index (χ0n) is 23.3. The van der Waals surface area contributed by atoms with E-state index in [1.54, 1.807) is 11.3 Å². The summed E-state index contributed by atoms with van der Waals surface area (Å²) in [7, 11) is 0. The minimum Gasteiger partial charge on any atom is -0.483 e. The Morgan fingerprint density at radius 1 is 1.14 bits per heavy atom. The summed E-state index contributed by atoms with van der Waals surface area (Å²) in [6.07, 6.45) is 11.0.